The number of hydrogen-bond acceptors (Lipinski definition) is 3. The fourth-order valence-electron chi connectivity index (χ4n) is 3.00. The van der Waals surface area contributed by atoms with Gasteiger partial charge in [0.05, 0.1) is 22.5 Å². The van der Waals surface area contributed by atoms with E-state index in [4.69, 9.17) is 28.3 Å². The summed E-state index contributed by atoms with van der Waals surface area (Å²) < 4.78 is 1.54. The molecule has 0 bridgehead atoms. The van der Waals surface area contributed by atoms with E-state index in [-0.39, 0.29) is 18.2 Å². The Morgan fingerprint density at radius 2 is 1.96 bits per heavy atom. The van der Waals surface area contributed by atoms with Gasteiger partial charge in [-0.15, -0.1) is 0 Å². The number of carboxylic acids is 1. The molecule has 132 valence electrons. The van der Waals surface area contributed by atoms with Crippen LogP contribution < -0.4 is 0 Å². The molecule has 1 aromatic carbocycles. The first-order valence-electron chi connectivity index (χ1n) is 7.95. The zero-order valence-electron chi connectivity index (χ0n) is 13.4. The first-order chi connectivity index (χ1) is 11.9. The number of benzene rings is 1. The lowest BCUT2D eigenvalue weighted by molar-refractivity contribution is -0.138. The summed E-state index contributed by atoms with van der Waals surface area (Å²) in [6, 6.07) is 5.07. The molecule has 0 aliphatic carbocycles. The van der Waals surface area contributed by atoms with Crippen LogP contribution in [0.2, 0.25) is 10.0 Å². The van der Waals surface area contributed by atoms with Crippen molar-refractivity contribution >= 4 is 35.1 Å². The summed E-state index contributed by atoms with van der Waals surface area (Å²) in [5.74, 6) is -0.756. The van der Waals surface area contributed by atoms with Gasteiger partial charge in [0.2, 0.25) is 0 Å². The van der Waals surface area contributed by atoms with Gasteiger partial charge in [-0.05, 0) is 37.0 Å². The van der Waals surface area contributed by atoms with Crippen molar-refractivity contribution < 1.29 is 14.7 Å². The first-order valence-corrected chi connectivity index (χ1v) is 8.71. The van der Waals surface area contributed by atoms with E-state index in [2.05, 4.69) is 5.10 Å². The maximum atomic E-state index is 12.6. The number of amides is 1. The van der Waals surface area contributed by atoms with Crippen molar-refractivity contribution in [1.29, 1.82) is 0 Å². The number of piperidine rings is 1. The van der Waals surface area contributed by atoms with Crippen molar-refractivity contribution in [3.05, 3.63) is 46.2 Å². The molecule has 6 nitrogen and oxygen atoms in total. The molecule has 1 amide bonds. The summed E-state index contributed by atoms with van der Waals surface area (Å²) in [5.41, 5.74) is 1.12. The van der Waals surface area contributed by atoms with Crippen molar-refractivity contribution in [3.63, 3.8) is 0 Å². The molecule has 1 saturated heterocycles. The number of halogens is 2. The van der Waals surface area contributed by atoms with Crippen LogP contribution in [0.5, 0.6) is 0 Å². The predicted octanol–water partition coefficient (Wildman–Crippen LogP) is 3.51. The van der Waals surface area contributed by atoms with Gasteiger partial charge in [-0.1, -0.05) is 23.2 Å². The van der Waals surface area contributed by atoms with Crippen molar-refractivity contribution in [2.45, 2.75) is 19.3 Å². The summed E-state index contributed by atoms with van der Waals surface area (Å²) in [4.78, 5) is 25.1. The predicted molar refractivity (Wildman–Crippen MR) is 94.5 cm³/mol. The highest BCUT2D eigenvalue weighted by Gasteiger charge is 2.25. The fourth-order valence-corrected chi connectivity index (χ4v) is 3.50. The van der Waals surface area contributed by atoms with Crippen LogP contribution in [0, 0.1) is 5.92 Å². The zero-order chi connectivity index (χ0) is 18.0. The number of aliphatic carboxylic acids is 1. The highest BCUT2D eigenvalue weighted by Crippen LogP contribution is 2.25. The zero-order valence-corrected chi connectivity index (χ0v) is 14.9. The number of hydrogen-bond donors (Lipinski definition) is 1. The van der Waals surface area contributed by atoms with Gasteiger partial charge in [-0.3, -0.25) is 9.59 Å². The lowest BCUT2D eigenvalue weighted by Gasteiger charge is -2.31. The van der Waals surface area contributed by atoms with Crippen LogP contribution in [0.1, 0.15) is 29.6 Å². The van der Waals surface area contributed by atoms with Crippen molar-refractivity contribution in [3.8, 4) is 5.69 Å². The van der Waals surface area contributed by atoms with E-state index < -0.39 is 5.97 Å². The van der Waals surface area contributed by atoms with Crippen LogP contribution >= 0.6 is 23.2 Å². The third-order valence-electron chi connectivity index (χ3n) is 4.35. The summed E-state index contributed by atoms with van der Waals surface area (Å²) in [7, 11) is 0. The first kappa shape index (κ1) is 17.8. The van der Waals surface area contributed by atoms with E-state index in [0.717, 1.165) is 0 Å². The Morgan fingerprint density at radius 1 is 1.24 bits per heavy atom. The van der Waals surface area contributed by atoms with Crippen LogP contribution in [0.3, 0.4) is 0 Å². The van der Waals surface area contributed by atoms with E-state index in [1.54, 1.807) is 34.0 Å². The number of carboxylic acid groups (broad SMARTS) is 1. The third kappa shape index (κ3) is 4.14. The lowest BCUT2D eigenvalue weighted by atomic mass is 9.93. The van der Waals surface area contributed by atoms with Crippen molar-refractivity contribution in [1.82, 2.24) is 14.7 Å². The van der Waals surface area contributed by atoms with Crippen molar-refractivity contribution in [2.75, 3.05) is 13.1 Å². The molecule has 2 heterocycles. The molecule has 3 rings (SSSR count). The highest BCUT2D eigenvalue weighted by molar-refractivity contribution is 6.35. The minimum Gasteiger partial charge on any atom is -0.481 e. The van der Waals surface area contributed by atoms with E-state index in [1.165, 1.54) is 6.20 Å². The van der Waals surface area contributed by atoms with E-state index in [0.29, 0.717) is 47.2 Å². The van der Waals surface area contributed by atoms with Gasteiger partial charge in [0.15, 0.2) is 0 Å². The molecule has 0 saturated carbocycles. The Bertz CT molecular complexity index is 798. The van der Waals surface area contributed by atoms with E-state index in [1.807, 2.05) is 0 Å². The number of aromatic nitrogens is 2. The van der Waals surface area contributed by atoms with Crippen LogP contribution in [-0.2, 0) is 4.79 Å². The van der Waals surface area contributed by atoms with Gasteiger partial charge in [0.25, 0.3) is 5.91 Å². The van der Waals surface area contributed by atoms with Crippen LogP contribution in [0.25, 0.3) is 5.69 Å². The molecule has 1 aromatic heterocycles. The van der Waals surface area contributed by atoms with Gasteiger partial charge >= 0.3 is 5.97 Å². The van der Waals surface area contributed by atoms with Crippen LogP contribution in [0.4, 0.5) is 0 Å². The molecular weight excluding hydrogens is 365 g/mol. The minimum absolute atomic E-state index is 0.106. The van der Waals surface area contributed by atoms with Gasteiger partial charge in [0, 0.05) is 30.7 Å². The molecule has 2 aromatic rings. The molecule has 0 radical (unpaired) electrons. The Labute approximate surface area is 154 Å². The second-order valence-corrected chi connectivity index (χ2v) is 6.95. The Kier molecular flexibility index (Phi) is 5.30. The maximum Gasteiger partial charge on any atom is 0.303 e. The third-order valence-corrected chi connectivity index (χ3v) is 4.89. The van der Waals surface area contributed by atoms with E-state index in [9.17, 15) is 9.59 Å². The maximum absolute atomic E-state index is 12.6. The monoisotopic (exact) mass is 381 g/mol. The normalized spacial score (nSPS) is 15.4. The van der Waals surface area contributed by atoms with Crippen molar-refractivity contribution in [2.24, 2.45) is 5.92 Å². The SMILES string of the molecule is O=C(O)CC1CCN(C(=O)c2cnn(-c3ccc(Cl)cc3Cl)c2)CC1. The summed E-state index contributed by atoms with van der Waals surface area (Å²) in [6.45, 7) is 1.12. The molecule has 8 heteroatoms. The average molecular weight is 382 g/mol. The number of rotatable bonds is 4. The number of nitrogens with zero attached hydrogens (tertiary/aromatic N) is 3. The van der Waals surface area contributed by atoms with Crippen LogP contribution in [0.15, 0.2) is 30.6 Å². The molecule has 1 aliphatic heterocycles. The fraction of sp³-hybridized carbons (Fsp3) is 0.353. The standard InChI is InChI=1S/C17H17Cl2N3O3/c18-13-1-2-15(14(19)8-13)22-10-12(9-20-22)17(25)21-5-3-11(4-6-21)7-16(23)24/h1-2,8-11H,3-7H2,(H,23,24). The minimum atomic E-state index is -0.786. The summed E-state index contributed by atoms with van der Waals surface area (Å²) >= 11 is 12.1. The summed E-state index contributed by atoms with van der Waals surface area (Å²) in [5, 5.41) is 14.0. The molecule has 1 N–H and O–H groups in total. The Balaban J connectivity index is 1.68. The van der Waals surface area contributed by atoms with Crippen LogP contribution in [-0.4, -0.2) is 44.8 Å². The average Bonchev–Trinajstić information content (AvgIpc) is 3.04. The Morgan fingerprint density at radius 3 is 2.60 bits per heavy atom. The molecule has 0 spiro atoms. The molecule has 0 unspecified atom stereocenters. The topological polar surface area (TPSA) is 75.4 Å². The van der Waals surface area contributed by atoms with Gasteiger partial charge in [-0.25, -0.2) is 4.68 Å². The smallest absolute Gasteiger partial charge is 0.303 e. The molecule has 0 atom stereocenters. The number of likely N-dealkylation sites (tertiary alicyclic amines) is 1. The number of carbonyl (C=O) groups excluding carboxylic acids is 1. The second kappa shape index (κ2) is 7.45. The molecular formula is C17H17Cl2N3O3. The molecule has 1 fully saturated rings. The van der Waals surface area contributed by atoms with E-state index >= 15 is 0 Å². The Hall–Kier alpha value is -2.05. The molecule has 1 aliphatic rings. The van der Waals surface area contributed by atoms with Gasteiger partial charge in [0.1, 0.15) is 0 Å². The lowest BCUT2D eigenvalue weighted by Crippen LogP contribution is -2.38. The second-order valence-electron chi connectivity index (χ2n) is 6.10. The highest BCUT2D eigenvalue weighted by atomic mass is 35.5. The summed E-state index contributed by atoms with van der Waals surface area (Å²) in [6.07, 6.45) is 4.72. The van der Waals surface area contributed by atoms with Gasteiger partial charge < -0.3 is 10.0 Å². The largest absolute Gasteiger partial charge is 0.481 e. The van der Waals surface area contributed by atoms with Gasteiger partial charge in [-0.2, -0.15) is 5.10 Å². The number of carbonyl (C=O) groups is 2. The quantitative estimate of drug-likeness (QED) is 0.878. The molecule has 25 heavy (non-hydrogen) atoms.